The van der Waals surface area contributed by atoms with Crippen molar-refractivity contribution in [1.29, 1.82) is 0 Å². The van der Waals surface area contributed by atoms with Crippen LogP contribution in [0.25, 0.3) is 0 Å². The number of carboxylic acid groups (broad SMARTS) is 1. The molecule has 2 aromatic rings. The highest BCUT2D eigenvalue weighted by molar-refractivity contribution is 9.10. The van der Waals surface area contributed by atoms with Crippen molar-refractivity contribution in [3.8, 4) is 5.75 Å². The Bertz CT molecular complexity index is 584. The number of halogens is 1. The lowest BCUT2D eigenvalue weighted by Gasteiger charge is -2.09. The first-order valence-electron chi connectivity index (χ1n) is 6.11. The second-order valence-electron chi connectivity index (χ2n) is 4.12. The number of nitrogens with one attached hydrogen (secondary N) is 1. The van der Waals surface area contributed by atoms with Crippen LogP contribution in [-0.2, 0) is 0 Å². The zero-order chi connectivity index (χ0) is 14.4. The lowest BCUT2D eigenvalue weighted by molar-refractivity contribution is 0.0697. The van der Waals surface area contributed by atoms with Crippen molar-refractivity contribution in [2.75, 3.05) is 18.5 Å². The third-order valence-electron chi connectivity index (χ3n) is 2.63. The van der Waals surface area contributed by atoms with Gasteiger partial charge >= 0.3 is 5.97 Å². The minimum absolute atomic E-state index is 0.254. The van der Waals surface area contributed by atoms with E-state index in [9.17, 15) is 4.79 Å². The number of rotatable bonds is 6. The fraction of sp³-hybridized carbons (Fsp3) is 0.133. The van der Waals surface area contributed by atoms with E-state index >= 15 is 0 Å². The van der Waals surface area contributed by atoms with E-state index in [1.54, 1.807) is 12.1 Å². The first-order valence-corrected chi connectivity index (χ1v) is 6.90. The average Bonchev–Trinajstić information content (AvgIpc) is 2.44. The molecule has 0 aliphatic heterocycles. The number of carboxylic acids is 1. The van der Waals surface area contributed by atoms with Crippen molar-refractivity contribution < 1.29 is 14.6 Å². The van der Waals surface area contributed by atoms with E-state index in [0.29, 0.717) is 18.9 Å². The summed E-state index contributed by atoms with van der Waals surface area (Å²) in [4.78, 5) is 10.7. The third kappa shape index (κ3) is 4.28. The Morgan fingerprint density at radius 1 is 1.20 bits per heavy atom. The molecule has 0 aliphatic carbocycles. The number of anilines is 1. The first-order chi connectivity index (χ1) is 9.65. The van der Waals surface area contributed by atoms with Crippen LogP contribution in [0.2, 0.25) is 0 Å². The Balaban J connectivity index is 1.77. The summed E-state index contributed by atoms with van der Waals surface area (Å²) in [6.45, 7) is 1.16. The van der Waals surface area contributed by atoms with E-state index in [1.807, 2.05) is 24.3 Å². The maximum atomic E-state index is 10.7. The lowest BCUT2D eigenvalue weighted by Crippen LogP contribution is -2.11. The molecule has 0 saturated heterocycles. The Morgan fingerprint density at radius 2 is 1.95 bits per heavy atom. The van der Waals surface area contributed by atoms with Crippen molar-refractivity contribution >= 4 is 27.6 Å². The average molecular weight is 336 g/mol. The van der Waals surface area contributed by atoms with Gasteiger partial charge < -0.3 is 15.2 Å². The second-order valence-corrected chi connectivity index (χ2v) is 5.03. The fourth-order valence-corrected chi connectivity index (χ4v) is 2.06. The van der Waals surface area contributed by atoms with Crippen molar-refractivity contribution in [3.05, 3.63) is 58.6 Å². The molecule has 0 amide bonds. The lowest BCUT2D eigenvalue weighted by atomic mass is 10.2. The predicted molar refractivity (Wildman–Crippen MR) is 81.5 cm³/mol. The van der Waals surface area contributed by atoms with Crippen LogP contribution in [-0.4, -0.2) is 24.2 Å². The normalized spacial score (nSPS) is 10.1. The molecule has 0 radical (unpaired) electrons. The summed E-state index contributed by atoms with van der Waals surface area (Å²) >= 11 is 3.41. The van der Waals surface area contributed by atoms with Crippen LogP contribution in [0.15, 0.2) is 53.0 Å². The largest absolute Gasteiger partial charge is 0.492 e. The molecule has 4 nitrogen and oxygen atoms in total. The van der Waals surface area contributed by atoms with E-state index in [0.717, 1.165) is 10.2 Å². The van der Waals surface area contributed by atoms with Gasteiger partial charge in [-0.1, -0.05) is 22.0 Å². The van der Waals surface area contributed by atoms with Crippen molar-refractivity contribution in [2.45, 2.75) is 0 Å². The molecule has 0 bridgehead atoms. The van der Waals surface area contributed by atoms with Gasteiger partial charge in [0.15, 0.2) is 0 Å². The molecule has 0 saturated carbocycles. The van der Waals surface area contributed by atoms with Crippen LogP contribution in [0.3, 0.4) is 0 Å². The monoisotopic (exact) mass is 335 g/mol. The molecule has 5 heteroatoms. The molecule has 20 heavy (non-hydrogen) atoms. The van der Waals surface area contributed by atoms with Crippen LogP contribution in [0.4, 0.5) is 5.69 Å². The van der Waals surface area contributed by atoms with E-state index in [1.165, 1.54) is 12.1 Å². The van der Waals surface area contributed by atoms with E-state index in [2.05, 4.69) is 21.2 Å². The van der Waals surface area contributed by atoms with E-state index in [4.69, 9.17) is 9.84 Å². The Morgan fingerprint density at radius 3 is 2.60 bits per heavy atom. The molecular formula is C15H14BrNO3. The Labute approximate surface area is 125 Å². The number of benzene rings is 2. The molecular weight excluding hydrogens is 322 g/mol. The van der Waals surface area contributed by atoms with Crippen LogP contribution in [0.5, 0.6) is 5.75 Å². The second kappa shape index (κ2) is 6.96. The number of aromatic carboxylic acids is 1. The van der Waals surface area contributed by atoms with Gasteiger partial charge in [0, 0.05) is 16.7 Å². The zero-order valence-electron chi connectivity index (χ0n) is 10.7. The maximum absolute atomic E-state index is 10.7. The highest BCUT2D eigenvalue weighted by Crippen LogP contribution is 2.15. The SMILES string of the molecule is O=C(O)c1ccc(OCCNc2cccc(Br)c2)cc1. The summed E-state index contributed by atoms with van der Waals surface area (Å²) in [6, 6.07) is 14.3. The predicted octanol–water partition coefficient (Wildman–Crippen LogP) is 3.64. The molecule has 0 atom stereocenters. The number of hydrogen-bond acceptors (Lipinski definition) is 3. The maximum Gasteiger partial charge on any atom is 0.335 e. The molecule has 2 N–H and O–H groups in total. The molecule has 0 fully saturated rings. The standard InChI is InChI=1S/C15H14BrNO3/c16-12-2-1-3-13(10-12)17-8-9-20-14-6-4-11(5-7-14)15(18)19/h1-7,10,17H,8-9H2,(H,18,19). The quantitative estimate of drug-likeness (QED) is 0.791. The smallest absolute Gasteiger partial charge is 0.335 e. The van der Waals surface area contributed by atoms with Gasteiger partial charge in [-0.3, -0.25) is 0 Å². The van der Waals surface area contributed by atoms with Crippen LogP contribution in [0.1, 0.15) is 10.4 Å². The van der Waals surface area contributed by atoms with Crippen molar-refractivity contribution in [2.24, 2.45) is 0 Å². The van der Waals surface area contributed by atoms with E-state index < -0.39 is 5.97 Å². The summed E-state index contributed by atoms with van der Waals surface area (Å²) in [7, 11) is 0. The summed E-state index contributed by atoms with van der Waals surface area (Å²) in [5, 5.41) is 12.0. The van der Waals surface area contributed by atoms with E-state index in [-0.39, 0.29) is 5.56 Å². The van der Waals surface area contributed by atoms with Gasteiger partial charge in [-0.2, -0.15) is 0 Å². The number of ether oxygens (including phenoxy) is 1. The summed E-state index contributed by atoms with van der Waals surface area (Å²) in [6.07, 6.45) is 0. The van der Waals surface area contributed by atoms with Crippen LogP contribution < -0.4 is 10.1 Å². The molecule has 0 aliphatic rings. The molecule has 2 aromatic carbocycles. The molecule has 0 spiro atoms. The van der Waals surface area contributed by atoms with Gasteiger partial charge in [-0.25, -0.2) is 4.79 Å². The van der Waals surface area contributed by atoms with Crippen molar-refractivity contribution in [1.82, 2.24) is 0 Å². The van der Waals surface area contributed by atoms with Gasteiger partial charge in [-0.05, 0) is 42.5 Å². The summed E-state index contributed by atoms with van der Waals surface area (Å²) < 4.78 is 6.55. The van der Waals surface area contributed by atoms with Crippen LogP contribution in [0, 0.1) is 0 Å². The highest BCUT2D eigenvalue weighted by atomic mass is 79.9. The Hall–Kier alpha value is -2.01. The molecule has 104 valence electrons. The topological polar surface area (TPSA) is 58.6 Å². The third-order valence-corrected chi connectivity index (χ3v) is 3.12. The minimum atomic E-state index is -0.937. The summed E-state index contributed by atoms with van der Waals surface area (Å²) in [5.41, 5.74) is 1.27. The molecule has 0 aromatic heterocycles. The fourth-order valence-electron chi connectivity index (χ4n) is 1.66. The molecule has 0 unspecified atom stereocenters. The minimum Gasteiger partial charge on any atom is -0.492 e. The van der Waals surface area contributed by atoms with Gasteiger partial charge in [-0.15, -0.1) is 0 Å². The van der Waals surface area contributed by atoms with Gasteiger partial charge in [0.25, 0.3) is 0 Å². The molecule has 2 rings (SSSR count). The zero-order valence-corrected chi connectivity index (χ0v) is 12.3. The Kier molecular flexibility index (Phi) is 5.01. The van der Waals surface area contributed by atoms with Gasteiger partial charge in [0.05, 0.1) is 5.56 Å². The van der Waals surface area contributed by atoms with Gasteiger partial charge in [0.2, 0.25) is 0 Å². The van der Waals surface area contributed by atoms with Crippen molar-refractivity contribution in [3.63, 3.8) is 0 Å². The highest BCUT2D eigenvalue weighted by Gasteiger charge is 2.01. The first kappa shape index (κ1) is 14.4. The molecule has 0 heterocycles. The number of carbonyl (C=O) groups is 1. The van der Waals surface area contributed by atoms with Gasteiger partial charge in [0.1, 0.15) is 12.4 Å². The number of hydrogen-bond donors (Lipinski definition) is 2. The van der Waals surface area contributed by atoms with Crippen LogP contribution >= 0.6 is 15.9 Å². The summed E-state index contributed by atoms with van der Waals surface area (Å²) in [5.74, 6) is -0.279.